The zero-order chi connectivity index (χ0) is 13.2. The van der Waals surface area contributed by atoms with Crippen LogP contribution in [-0.2, 0) is 23.8 Å². The average Bonchev–Trinajstić information content (AvgIpc) is 3.05. The quantitative estimate of drug-likeness (QED) is 0.562. The van der Waals surface area contributed by atoms with Gasteiger partial charge in [0.25, 0.3) is 0 Å². The van der Waals surface area contributed by atoms with Crippen LogP contribution in [0.4, 0.5) is 0 Å². The van der Waals surface area contributed by atoms with Crippen molar-refractivity contribution in [1.82, 2.24) is 0 Å². The maximum atomic E-state index is 12.1. The smallest absolute Gasteiger partial charge is 0.323 e. The summed E-state index contributed by atoms with van der Waals surface area (Å²) in [5.74, 6) is -1.07. The van der Waals surface area contributed by atoms with Crippen LogP contribution in [0.3, 0.4) is 0 Å². The minimum atomic E-state index is -1.15. The van der Waals surface area contributed by atoms with Crippen LogP contribution in [0.25, 0.3) is 0 Å². The second-order valence-electron chi connectivity index (χ2n) is 5.00. The number of rotatable bonds is 3. The molecule has 5 heteroatoms. The predicted molar refractivity (Wildman–Crippen MR) is 62.8 cm³/mol. The normalized spacial score (nSPS) is 30.1. The summed E-state index contributed by atoms with van der Waals surface area (Å²) in [6, 6.07) is 0. The first-order chi connectivity index (χ1) is 8.66. The van der Waals surface area contributed by atoms with E-state index in [4.69, 9.17) is 14.2 Å². The van der Waals surface area contributed by atoms with E-state index in [0.29, 0.717) is 13.0 Å². The molecule has 1 saturated heterocycles. The van der Waals surface area contributed by atoms with Crippen LogP contribution < -0.4 is 0 Å². The lowest BCUT2D eigenvalue weighted by atomic mass is 9.74. The van der Waals surface area contributed by atoms with Gasteiger partial charge in [0.05, 0.1) is 20.3 Å². The van der Waals surface area contributed by atoms with Gasteiger partial charge in [-0.05, 0) is 25.7 Å². The van der Waals surface area contributed by atoms with Crippen molar-refractivity contribution in [2.45, 2.75) is 38.2 Å². The van der Waals surface area contributed by atoms with E-state index in [1.807, 2.05) is 0 Å². The number of carbonyl (C=O) groups is 2. The fourth-order valence-corrected chi connectivity index (χ4v) is 3.41. The zero-order valence-corrected chi connectivity index (χ0v) is 10.9. The van der Waals surface area contributed by atoms with E-state index < -0.39 is 17.4 Å². The third-order valence-electron chi connectivity index (χ3n) is 4.23. The number of carbonyl (C=O) groups excluding carboxylic acids is 2. The molecule has 1 aliphatic heterocycles. The molecule has 0 radical (unpaired) electrons. The summed E-state index contributed by atoms with van der Waals surface area (Å²) < 4.78 is 15.4. The second-order valence-corrected chi connectivity index (χ2v) is 5.00. The molecule has 0 N–H and O–H groups in total. The molecule has 2 unspecified atom stereocenters. The third-order valence-corrected chi connectivity index (χ3v) is 4.23. The fraction of sp³-hybridized carbons (Fsp3) is 0.846. The lowest BCUT2D eigenvalue weighted by molar-refractivity contribution is -0.175. The lowest BCUT2D eigenvalue weighted by Gasteiger charge is -2.32. The highest BCUT2D eigenvalue weighted by molar-refractivity contribution is 6.00. The number of esters is 2. The zero-order valence-electron chi connectivity index (χ0n) is 10.9. The molecule has 1 saturated carbocycles. The first-order valence-corrected chi connectivity index (χ1v) is 6.45. The average molecular weight is 256 g/mol. The van der Waals surface area contributed by atoms with Gasteiger partial charge >= 0.3 is 11.9 Å². The van der Waals surface area contributed by atoms with Crippen LogP contribution in [0.5, 0.6) is 0 Å². The minimum absolute atomic E-state index is 0.0225. The van der Waals surface area contributed by atoms with Crippen molar-refractivity contribution in [3.8, 4) is 0 Å². The summed E-state index contributed by atoms with van der Waals surface area (Å²) >= 11 is 0. The topological polar surface area (TPSA) is 61.8 Å². The molecule has 2 rings (SSSR count). The highest BCUT2D eigenvalue weighted by Crippen LogP contribution is 2.49. The van der Waals surface area contributed by atoms with Gasteiger partial charge in [-0.1, -0.05) is 6.42 Å². The maximum Gasteiger partial charge on any atom is 0.323 e. The van der Waals surface area contributed by atoms with Gasteiger partial charge in [-0.2, -0.15) is 0 Å². The van der Waals surface area contributed by atoms with Crippen LogP contribution in [0.15, 0.2) is 0 Å². The Morgan fingerprint density at radius 2 is 1.78 bits per heavy atom. The second kappa shape index (κ2) is 5.26. The van der Waals surface area contributed by atoms with Gasteiger partial charge in [0.15, 0.2) is 5.41 Å². The van der Waals surface area contributed by atoms with E-state index in [2.05, 4.69) is 0 Å². The standard InChI is InChI=1S/C13H20O5/c1-16-11(14)13(12(15)17-2)7-3-5-9(13)10-6-4-8-18-10/h9-10H,3-8H2,1-2H3. The maximum absolute atomic E-state index is 12.1. The molecule has 0 aromatic rings. The molecule has 2 aliphatic rings. The Morgan fingerprint density at radius 3 is 2.28 bits per heavy atom. The molecule has 102 valence electrons. The van der Waals surface area contributed by atoms with Crippen molar-refractivity contribution in [2.24, 2.45) is 11.3 Å². The number of methoxy groups -OCH3 is 2. The predicted octanol–water partition coefficient (Wildman–Crippen LogP) is 1.30. The summed E-state index contributed by atoms with van der Waals surface area (Å²) in [5.41, 5.74) is -1.15. The molecule has 0 spiro atoms. The van der Waals surface area contributed by atoms with Crippen molar-refractivity contribution in [3.63, 3.8) is 0 Å². The summed E-state index contributed by atoms with van der Waals surface area (Å²) in [6.45, 7) is 0.708. The van der Waals surface area contributed by atoms with Crippen molar-refractivity contribution in [2.75, 3.05) is 20.8 Å². The Bertz CT molecular complexity index is 316. The Kier molecular flexibility index (Phi) is 3.90. The van der Waals surface area contributed by atoms with E-state index in [-0.39, 0.29) is 12.0 Å². The van der Waals surface area contributed by atoms with Gasteiger partial charge in [-0.25, -0.2) is 0 Å². The summed E-state index contributed by atoms with van der Waals surface area (Å²) in [4.78, 5) is 24.2. The Morgan fingerprint density at radius 1 is 1.11 bits per heavy atom. The van der Waals surface area contributed by atoms with Gasteiger partial charge < -0.3 is 14.2 Å². The van der Waals surface area contributed by atoms with Gasteiger partial charge in [0, 0.05) is 12.5 Å². The summed E-state index contributed by atoms with van der Waals surface area (Å²) in [6.07, 6.45) is 4.01. The fourth-order valence-electron chi connectivity index (χ4n) is 3.41. The molecule has 18 heavy (non-hydrogen) atoms. The minimum Gasteiger partial charge on any atom is -0.468 e. The number of hydrogen-bond donors (Lipinski definition) is 0. The molecule has 0 aromatic carbocycles. The largest absolute Gasteiger partial charge is 0.468 e. The van der Waals surface area contributed by atoms with Gasteiger partial charge in [0.1, 0.15) is 0 Å². The van der Waals surface area contributed by atoms with Crippen molar-refractivity contribution in [3.05, 3.63) is 0 Å². The molecule has 1 aliphatic carbocycles. The van der Waals surface area contributed by atoms with Crippen LogP contribution in [0, 0.1) is 11.3 Å². The van der Waals surface area contributed by atoms with Crippen LogP contribution in [0.1, 0.15) is 32.1 Å². The summed E-state index contributed by atoms with van der Waals surface area (Å²) in [7, 11) is 2.63. The molecular weight excluding hydrogens is 236 g/mol. The molecular formula is C13H20O5. The van der Waals surface area contributed by atoms with E-state index in [0.717, 1.165) is 25.7 Å². The first kappa shape index (κ1) is 13.3. The molecule has 0 amide bonds. The lowest BCUT2D eigenvalue weighted by Crippen LogP contribution is -2.48. The van der Waals surface area contributed by atoms with Crippen LogP contribution in [-0.4, -0.2) is 38.9 Å². The highest BCUT2D eigenvalue weighted by Gasteiger charge is 2.59. The van der Waals surface area contributed by atoms with Gasteiger partial charge in [-0.3, -0.25) is 9.59 Å². The Hall–Kier alpha value is -1.10. The third kappa shape index (κ3) is 1.90. The monoisotopic (exact) mass is 256 g/mol. The van der Waals surface area contributed by atoms with Gasteiger partial charge in [-0.15, -0.1) is 0 Å². The van der Waals surface area contributed by atoms with Crippen molar-refractivity contribution >= 4 is 11.9 Å². The molecule has 0 bridgehead atoms. The molecule has 1 heterocycles. The Labute approximate surface area is 107 Å². The van der Waals surface area contributed by atoms with Gasteiger partial charge in [0.2, 0.25) is 0 Å². The molecule has 2 atom stereocenters. The van der Waals surface area contributed by atoms with E-state index in [9.17, 15) is 9.59 Å². The molecule has 2 fully saturated rings. The van der Waals surface area contributed by atoms with Crippen LogP contribution >= 0.6 is 0 Å². The van der Waals surface area contributed by atoms with Crippen molar-refractivity contribution in [1.29, 1.82) is 0 Å². The molecule has 5 nitrogen and oxygen atoms in total. The first-order valence-electron chi connectivity index (χ1n) is 6.45. The SMILES string of the molecule is COC(=O)C1(C(=O)OC)CCCC1C1CCCO1. The van der Waals surface area contributed by atoms with E-state index in [1.54, 1.807) is 0 Å². The summed E-state index contributed by atoms with van der Waals surface area (Å²) in [5, 5.41) is 0. The van der Waals surface area contributed by atoms with E-state index in [1.165, 1.54) is 14.2 Å². The highest BCUT2D eigenvalue weighted by atomic mass is 16.5. The molecule has 0 aromatic heterocycles. The van der Waals surface area contributed by atoms with Crippen LogP contribution in [0.2, 0.25) is 0 Å². The number of hydrogen-bond acceptors (Lipinski definition) is 5. The Balaban J connectivity index is 2.31. The number of ether oxygens (including phenoxy) is 3. The van der Waals surface area contributed by atoms with Crippen molar-refractivity contribution < 1.29 is 23.8 Å². The van der Waals surface area contributed by atoms with E-state index >= 15 is 0 Å².